The first kappa shape index (κ1) is 16.5. The quantitative estimate of drug-likeness (QED) is 0.930. The lowest BCUT2D eigenvalue weighted by molar-refractivity contribution is -0.145. The average Bonchev–Trinajstić information content (AvgIpc) is 2.58. The molecule has 2 aromatic carbocycles. The van der Waals surface area contributed by atoms with Crippen molar-refractivity contribution in [2.45, 2.75) is 18.3 Å². The zero-order chi connectivity index (χ0) is 17.2. The molecule has 3 rings (SSSR count). The summed E-state index contributed by atoms with van der Waals surface area (Å²) in [5, 5.41) is 9.93. The topological polar surface area (TPSA) is 49.8 Å². The Morgan fingerprint density at radius 2 is 1.75 bits per heavy atom. The van der Waals surface area contributed by atoms with E-state index in [4.69, 9.17) is 4.74 Å². The van der Waals surface area contributed by atoms with Gasteiger partial charge in [0.15, 0.2) is 0 Å². The predicted octanol–water partition coefficient (Wildman–Crippen LogP) is 3.67. The molecule has 0 atom stereocenters. The molecule has 4 nitrogen and oxygen atoms in total. The molecule has 0 radical (unpaired) electrons. The highest BCUT2D eigenvalue weighted by atomic mass is 19.1. The van der Waals surface area contributed by atoms with Gasteiger partial charge < -0.3 is 14.7 Å². The van der Waals surface area contributed by atoms with Crippen LogP contribution in [-0.4, -0.2) is 36.1 Å². The van der Waals surface area contributed by atoms with E-state index in [0.717, 1.165) is 13.1 Å². The number of benzene rings is 2. The van der Waals surface area contributed by atoms with Crippen LogP contribution in [0.1, 0.15) is 18.4 Å². The molecule has 1 aliphatic heterocycles. The minimum atomic E-state index is -0.955. The first-order valence-electron chi connectivity index (χ1n) is 7.96. The van der Waals surface area contributed by atoms with E-state index in [1.54, 1.807) is 6.07 Å². The Labute approximate surface area is 140 Å². The van der Waals surface area contributed by atoms with Crippen molar-refractivity contribution in [1.29, 1.82) is 0 Å². The van der Waals surface area contributed by atoms with Crippen molar-refractivity contribution in [2.75, 3.05) is 20.1 Å². The molecule has 0 amide bonds. The fourth-order valence-electron chi connectivity index (χ4n) is 3.18. The van der Waals surface area contributed by atoms with Gasteiger partial charge in [0.05, 0.1) is 5.41 Å². The van der Waals surface area contributed by atoms with Crippen LogP contribution in [0.15, 0.2) is 48.5 Å². The maximum absolute atomic E-state index is 13.1. The van der Waals surface area contributed by atoms with E-state index < -0.39 is 11.4 Å². The number of likely N-dealkylation sites (tertiary alicyclic amines) is 1. The highest BCUT2D eigenvalue weighted by Gasteiger charge is 2.44. The standard InChI is InChI=1S/C19H20FNO3/c1-21-12-10-19(11-13-21,18(22)23)16-4-2-3-5-17(16)24-15-8-6-14(20)7-9-15/h2-9H,10-13H2,1H3,(H,22,23). The molecule has 2 aromatic rings. The second-order valence-electron chi connectivity index (χ2n) is 6.24. The predicted molar refractivity (Wildman–Crippen MR) is 89.0 cm³/mol. The minimum Gasteiger partial charge on any atom is -0.481 e. The summed E-state index contributed by atoms with van der Waals surface area (Å²) in [6.45, 7) is 1.44. The van der Waals surface area contributed by atoms with Crippen molar-refractivity contribution in [3.8, 4) is 11.5 Å². The number of carboxylic acid groups (broad SMARTS) is 1. The van der Waals surface area contributed by atoms with Gasteiger partial charge in [-0.15, -0.1) is 0 Å². The van der Waals surface area contributed by atoms with E-state index >= 15 is 0 Å². The van der Waals surface area contributed by atoms with Gasteiger partial charge in [-0.25, -0.2) is 4.39 Å². The molecule has 0 aliphatic carbocycles. The normalized spacial score (nSPS) is 17.4. The Hall–Kier alpha value is -2.40. The second kappa shape index (κ2) is 6.61. The van der Waals surface area contributed by atoms with E-state index in [9.17, 15) is 14.3 Å². The van der Waals surface area contributed by atoms with Crippen LogP contribution in [0.2, 0.25) is 0 Å². The van der Waals surface area contributed by atoms with E-state index in [2.05, 4.69) is 4.90 Å². The third kappa shape index (κ3) is 3.12. The highest BCUT2D eigenvalue weighted by molar-refractivity contribution is 5.82. The third-order valence-corrected chi connectivity index (χ3v) is 4.69. The Kier molecular flexibility index (Phi) is 4.53. The van der Waals surface area contributed by atoms with Crippen molar-refractivity contribution < 1.29 is 19.0 Å². The Bertz CT molecular complexity index is 722. The van der Waals surface area contributed by atoms with Crippen LogP contribution in [0, 0.1) is 5.82 Å². The van der Waals surface area contributed by atoms with Gasteiger partial charge in [0, 0.05) is 5.56 Å². The molecule has 0 saturated carbocycles. The van der Waals surface area contributed by atoms with E-state index in [1.165, 1.54) is 24.3 Å². The van der Waals surface area contributed by atoms with Crippen molar-refractivity contribution >= 4 is 5.97 Å². The van der Waals surface area contributed by atoms with Gasteiger partial charge >= 0.3 is 5.97 Å². The molecule has 1 saturated heterocycles. The number of carbonyl (C=O) groups is 1. The Morgan fingerprint density at radius 1 is 1.12 bits per heavy atom. The van der Waals surface area contributed by atoms with Crippen LogP contribution in [0.5, 0.6) is 11.5 Å². The number of piperidine rings is 1. The highest BCUT2D eigenvalue weighted by Crippen LogP contribution is 2.41. The van der Waals surface area contributed by atoms with Crippen LogP contribution < -0.4 is 4.74 Å². The number of hydrogen-bond acceptors (Lipinski definition) is 3. The summed E-state index contributed by atoms with van der Waals surface area (Å²) in [7, 11) is 1.99. The summed E-state index contributed by atoms with van der Waals surface area (Å²) < 4.78 is 18.9. The molecule has 5 heteroatoms. The molecule has 0 aromatic heterocycles. The summed E-state index contributed by atoms with van der Waals surface area (Å²) >= 11 is 0. The van der Waals surface area contributed by atoms with Gasteiger partial charge in [-0.2, -0.15) is 0 Å². The van der Waals surface area contributed by atoms with Crippen LogP contribution in [-0.2, 0) is 10.2 Å². The first-order valence-corrected chi connectivity index (χ1v) is 7.96. The van der Waals surface area contributed by atoms with Crippen LogP contribution in [0.3, 0.4) is 0 Å². The van der Waals surface area contributed by atoms with Gasteiger partial charge in [0.25, 0.3) is 0 Å². The van der Waals surface area contributed by atoms with E-state index in [0.29, 0.717) is 29.9 Å². The number of hydrogen-bond donors (Lipinski definition) is 1. The smallest absolute Gasteiger partial charge is 0.314 e. The fraction of sp³-hybridized carbons (Fsp3) is 0.316. The van der Waals surface area contributed by atoms with E-state index in [1.807, 2.05) is 25.2 Å². The summed E-state index contributed by atoms with van der Waals surface area (Å²) in [5.74, 6) is -0.174. The SMILES string of the molecule is CN1CCC(C(=O)O)(c2ccccc2Oc2ccc(F)cc2)CC1. The lowest BCUT2D eigenvalue weighted by Gasteiger charge is -2.38. The molecule has 1 fully saturated rings. The maximum atomic E-state index is 13.1. The van der Waals surface area contributed by atoms with Crippen molar-refractivity contribution in [3.63, 3.8) is 0 Å². The zero-order valence-electron chi connectivity index (χ0n) is 13.5. The molecule has 0 bridgehead atoms. The zero-order valence-corrected chi connectivity index (χ0v) is 13.5. The average molecular weight is 329 g/mol. The van der Waals surface area contributed by atoms with Crippen LogP contribution in [0.4, 0.5) is 4.39 Å². The van der Waals surface area contributed by atoms with Gasteiger partial charge in [-0.3, -0.25) is 4.79 Å². The number of carboxylic acids is 1. The van der Waals surface area contributed by atoms with Crippen molar-refractivity contribution in [2.24, 2.45) is 0 Å². The van der Waals surface area contributed by atoms with Crippen molar-refractivity contribution in [1.82, 2.24) is 4.90 Å². The first-order chi connectivity index (χ1) is 11.5. The number of halogens is 1. The Balaban J connectivity index is 1.98. The monoisotopic (exact) mass is 329 g/mol. The fourth-order valence-corrected chi connectivity index (χ4v) is 3.18. The van der Waals surface area contributed by atoms with Crippen LogP contribution >= 0.6 is 0 Å². The van der Waals surface area contributed by atoms with Crippen LogP contribution in [0.25, 0.3) is 0 Å². The number of para-hydroxylation sites is 1. The lowest BCUT2D eigenvalue weighted by atomic mass is 9.72. The minimum absolute atomic E-state index is 0.340. The van der Waals surface area contributed by atoms with E-state index in [-0.39, 0.29) is 5.82 Å². The summed E-state index contributed by atoms with van der Waals surface area (Å²) in [4.78, 5) is 14.2. The van der Waals surface area contributed by atoms with Gasteiger partial charge in [0.1, 0.15) is 17.3 Å². The number of nitrogens with zero attached hydrogens (tertiary/aromatic N) is 1. The maximum Gasteiger partial charge on any atom is 0.314 e. The Morgan fingerprint density at radius 3 is 2.38 bits per heavy atom. The molecule has 1 aliphatic rings. The number of rotatable bonds is 4. The molecule has 0 spiro atoms. The third-order valence-electron chi connectivity index (χ3n) is 4.69. The molecular formula is C19H20FNO3. The summed E-state index contributed by atoms with van der Waals surface area (Å²) in [6, 6.07) is 12.9. The van der Waals surface area contributed by atoms with Gasteiger partial charge in [-0.1, -0.05) is 18.2 Å². The molecule has 1 heterocycles. The summed E-state index contributed by atoms with van der Waals surface area (Å²) in [5.41, 5.74) is -0.279. The molecule has 24 heavy (non-hydrogen) atoms. The molecule has 0 unspecified atom stereocenters. The van der Waals surface area contributed by atoms with Crippen molar-refractivity contribution in [3.05, 3.63) is 59.9 Å². The molecular weight excluding hydrogens is 309 g/mol. The second-order valence-corrected chi connectivity index (χ2v) is 6.24. The summed E-state index contributed by atoms with van der Waals surface area (Å²) in [6.07, 6.45) is 1.06. The van der Waals surface area contributed by atoms with Gasteiger partial charge in [0.2, 0.25) is 0 Å². The largest absolute Gasteiger partial charge is 0.481 e. The molecule has 126 valence electrons. The number of aliphatic carboxylic acids is 1. The van der Waals surface area contributed by atoms with Gasteiger partial charge in [-0.05, 0) is 63.3 Å². The number of ether oxygens (including phenoxy) is 1. The molecule has 1 N–H and O–H groups in total. The lowest BCUT2D eigenvalue weighted by Crippen LogP contribution is -2.46.